The molecular formula is C20H24ClN3O3. The van der Waals surface area contributed by atoms with Gasteiger partial charge in [-0.05, 0) is 30.3 Å². The quantitative estimate of drug-likeness (QED) is 0.822. The molecule has 7 heteroatoms. The van der Waals surface area contributed by atoms with Gasteiger partial charge in [-0.25, -0.2) is 0 Å². The molecule has 1 aliphatic rings. The van der Waals surface area contributed by atoms with Crippen molar-refractivity contribution in [1.82, 2.24) is 4.90 Å². The number of nitrogens with one attached hydrogen (secondary N) is 1. The molecular weight excluding hydrogens is 366 g/mol. The topological polar surface area (TPSA) is 54.0 Å². The highest BCUT2D eigenvalue weighted by Gasteiger charge is 2.21. The molecule has 1 amide bonds. The summed E-state index contributed by atoms with van der Waals surface area (Å²) in [6, 6.07) is 13.3. The number of carbonyl (C=O) groups is 1. The average Bonchev–Trinajstić information content (AvgIpc) is 2.71. The van der Waals surface area contributed by atoms with Crippen LogP contribution < -0.4 is 19.7 Å². The molecule has 0 bridgehead atoms. The van der Waals surface area contributed by atoms with Crippen LogP contribution in [-0.2, 0) is 4.79 Å². The molecule has 0 atom stereocenters. The predicted octanol–water partition coefficient (Wildman–Crippen LogP) is 3.12. The highest BCUT2D eigenvalue weighted by molar-refractivity contribution is 6.30. The molecule has 0 aliphatic carbocycles. The van der Waals surface area contributed by atoms with Gasteiger partial charge in [0.15, 0.2) is 11.5 Å². The van der Waals surface area contributed by atoms with E-state index in [1.807, 2.05) is 47.4 Å². The van der Waals surface area contributed by atoms with Gasteiger partial charge >= 0.3 is 0 Å². The SMILES string of the molecule is COc1ccc(NCC(=O)N2CCN(c3cccc(Cl)c3)CC2)cc1OC. The molecule has 3 rings (SSSR count). The van der Waals surface area contributed by atoms with Crippen LogP contribution in [0.3, 0.4) is 0 Å². The molecule has 0 aromatic heterocycles. The Bertz CT molecular complexity index is 792. The summed E-state index contributed by atoms with van der Waals surface area (Å²) in [4.78, 5) is 16.6. The molecule has 1 N–H and O–H groups in total. The number of ether oxygens (including phenoxy) is 2. The molecule has 0 spiro atoms. The Morgan fingerprint density at radius 3 is 2.44 bits per heavy atom. The number of methoxy groups -OCH3 is 2. The van der Waals surface area contributed by atoms with Crippen molar-refractivity contribution in [3.05, 3.63) is 47.5 Å². The van der Waals surface area contributed by atoms with Crippen LogP contribution in [-0.4, -0.2) is 57.8 Å². The van der Waals surface area contributed by atoms with Crippen LogP contribution >= 0.6 is 11.6 Å². The molecule has 0 radical (unpaired) electrons. The van der Waals surface area contributed by atoms with Crippen molar-refractivity contribution in [3.8, 4) is 11.5 Å². The minimum atomic E-state index is 0.0792. The van der Waals surface area contributed by atoms with E-state index in [0.717, 1.165) is 29.5 Å². The van der Waals surface area contributed by atoms with Crippen LogP contribution in [0.4, 0.5) is 11.4 Å². The first-order chi connectivity index (χ1) is 13.1. The zero-order chi connectivity index (χ0) is 19.2. The molecule has 1 aliphatic heterocycles. The lowest BCUT2D eigenvalue weighted by molar-refractivity contribution is -0.129. The van der Waals surface area contributed by atoms with Gasteiger partial charge < -0.3 is 24.6 Å². The fraction of sp³-hybridized carbons (Fsp3) is 0.350. The molecule has 1 saturated heterocycles. The van der Waals surface area contributed by atoms with Gasteiger partial charge in [-0.15, -0.1) is 0 Å². The Labute approximate surface area is 164 Å². The molecule has 6 nitrogen and oxygen atoms in total. The summed E-state index contributed by atoms with van der Waals surface area (Å²) in [6.07, 6.45) is 0. The normalized spacial score (nSPS) is 14.0. The van der Waals surface area contributed by atoms with Crippen molar-refractivity contribution in [2.45, 2.75) is 0 Å². The minimum absolute atomic E-state index is 0.0792. The van der Waals surface area contributed by atoms with Crippen molar-refractivity contribution in [1.29, 1.82) is 0 Å². The van der Waals surface area contributed by atoms with E-state index in [4.69, 9.17) is 21.1 Å². The molecule has 0 unspecified atom stereocenters. The Kier molecular flexibility index (Phi) is 6.29. The number of benzene rings is 2. The molecule has 2 aromatic rings. The van der Waals surface area contributed by atoms with Gasteiger partial charge in [0.25, 0.3) is 0 Å². The van der Waals surface area contributed by atoms with Crippen molar-refractivity contribution in [2.75, 3.05) is 57.2 Å². The number of amides is 1. The maximum atomic E-state index is 12.5. The van der Waals surface area contributed by atoms with E-state index in [1.165, 1.54) is 0 Å². The minimum Gasteiger partial charge on any atom is -0.493 e. The van der Waals surface area contributed by atoms with E-state index in [-0.39, 0.29) is 12.5 Å². The van der Waals surface area contributed by atoms with Gasteiger partial charge in [-0.2, -0.15) is 0 Å². The van der Waals surface area contributed by atoms with Crippen LogP contribution in [0.15, 0.2) is 42.5 Å². The van der Waals surface area contributed by atoms with Crippen LogP contribution in [0.1, 0.15) is 0 Å². The molecule has 2 aromatic carbocycles. The van der Waals surface area contributed by atoms with Gasteiger partial charge in [0.05, 0.1) is 20.8 Å². The van der Waals surface area contributed by atoms with E-state index in [1.54, 1.807) is 14.2 Å². The highest BCUT2D eigenvalue weighted by atomic mass is 35.5. The first kappa shape index (κ1) is 19.2. The lowest BCUT2D eigenvalue weighted by Gasteiger charge is -2.36. The van der Waals surface area contributed by atoms with Crippen LogP contribution in [0.25, 0.3) is 0 Å². The van der Waals surface area contributed by atoms with E-state index in [2.05, 4.69) is 10.2 Å². The number of hydrogen-bond donors (Lipinski definition) is 1. The number of rotatable bonds is 6. The monoisotopic (exact) mass is 389 g/mol. The summed E-state index contributed by atoms with van der Waals surface area (Å²) in [7, 11) is 3.18. The molecule has 144 valence electrons. The maximum absolute atomic E-state index is 12.5. The molecule has 1 fully saturated rings. The lowest BCUT2D eigenvalue weighted by Crippen LogP contribution is -2.50. The number of carbonyl (C=O) groups excluding carboxylic acids is 1. The van der Waals surface area contributed by atoms with Gasteiger partial charge in [0, 0.05) is 48.6 Å². The molecule has 27 heavy (non-hydrogen) atoms. The zero-order valence-electron chi connectivity index (χ0n) is 15.6. The zero-order valence-corrected chi connectivity index (χ0v) is 16.3. The van der Waals surface area contributed by atoms with E-state index >= 15 is 0 Å². The second-order valence-corrected chi connectivity index (χ2v) is 6.71. The smallest absolute Gasteiger partial charge is 0.241 e. The first-order valence-corrected chi connectivity index (χ1v) is 9.22. The Hall–Kier alpha value is -2.60. The summed E-state index contributed by atoms with van der Waals surface area (Å²) < 4.78 is 10.5. The van der Waals surface area contributed by atoms with Gasteiger partial charge in [0.2, 0.25) is 5.91 Å². The number of halogens is 1. The predicted molar refractivity (Wildman–Crippen MR) is 108 cm³/mol. The summed E-state index contributed by atoms with van der Waals surface area (Å²) in [6.45, 7) is 3.22. The van der Waals surface area contributed by atoms with Gasteiger partial charge in [-0.1, -0.05) is 17.7 Å². The Morgan fingerprint density at radius 2 is 1.78 bits per heavy atom. The number of hydrogen-bond acceptors (Lipinski definition) is 5. The third-order valence-corrected chi connectivity index (χ3v) is 4.87. The summed E-state index contributed by atoms with van der Waals surface area (Å²) in [5.41, 5.74) is 1.91. The third kappa shape index (κ3) is 4.77. The largest absolute Gasteiger partial charge is 0.493 e. The fourth-order valence-electron chi connectivity index (χ4n) is 3.12. The second kappa shape index (κ2) is 8.86. The Balaban J connectivity index is 1.51. The standard InChI is InChI=1S/C20H24ClN3O3/c1-26-18-7-6-16(13-19(18)27-2)22-14-20(25)24-10-8-23(9-11-24)17-5-3-4-15(21)12-17/h3-7,12-13,22H,8-11,14H2,1-2H3. The van der Waals surface area contributed by atoms with E-state index in [9.17, 15) is 4.79 Å². The summed E-state index contributed by atoms with van der Waals surface area (Å²) in [5, 5.41) is 3.89. The van der Waals surface area contributed by atoms with Crippen LogP contribution in [0.2, 0.25) is 5.02 Å². The van der Waals surface area contributed by atoms with E-state index < -0.39 is 0 Å². The number of anilines is 2. The van der Waals surface area contributed by atoms with Crippen molar-refractivity contribution in [2.24, 2.45) is 0 Å². The van der Waals surface area contributed by atoms with E-state index in [0.29, 0.717) is 24.6 Å². The van der Waals surface area contributed by atoms with Crippen molar-refractivity contribution >= 4 is 28.9 Å². The number of nitrogens with zero attached hydrogens (tertiary/aromatic N) is 2. The molecule has 0 saturated carbocycles. The third-order valence-electron chi connectivity index (χ3n) is 4.63. The Morgan fingerprint density at radius 1 is 1.04 bits per heavy atom. The van der Waals surface area contributed by atoms with Gasteiger partial charge in [-0.3, -0.25) is 4.79 Å². The highest BCUT2D eigenvalue weighted by Crippen LogP contribution is 2.29. The summed E-state index contributed by atoms with van der Waals surface area (Å²) in [5.74, 6) is 1.37. The van der Waals surface area contributed by atoms with Gasteiger partial charge in [0.1, 0.15) is 0 Å². The summed E-state index contributed by atoms with van der Waals surface area (Å²) >= 11 is 6.07. The van der Waals surface area contributed by atoms with Crippen molar-refractivity contribution < 1.29 is 14.3 Å². The van der Waals surface area contributed by atoms with Crippen molar-refractivity contribution in [3.63, 3.8) is 0 Å². The average molecular weight is 390 g/mol. The molecule has 1 heterocycles. The lowest BCUT2D eigenvalue weighted by atomic mass is 10.2. The maximum Gasteiger partial charge on any atom is 0.241 e. The first-order valence-electron chi connectivity index (χ1n) is 8.85. The fourth-order valence-corrected chi connectivity index (χ4v) is 3.31. The second-order valence-electron chi connectivity index (χ2n) is 6.27. The van der Waals surface area contributed by atoms with Crippen LogP contribution in [0.5, 0.6) is 11.5 Å². The number of piperazine rings is 1. The van der Waals surface area contributed by atoms with Crippen LogP contribution in [0, 0.1) is 0 Å².